The number of ether oxygens (including phenoxy) is 1. The molecule has 7 N–H and O–H groups in total. The molecule has 0 amide bonds. The smallest absolute Gasteiger partial charge is 0.296 e. The van der Waals surface area contributed by atoms with E-state index in [0.29, 0.717) is 23.2 Å². The molecule has 0 saturated carbocycles. The van der Waals surface area contributed by atoms with Crippen molar-refractivity contribution in [1.29, 1.82) is 0 Å². The summed E-state index contributed by atoms with van der Waals surface area (Å²) in [6.07, 6.45) is 0. The van der Waals surface area contributed by atoms with Gasteiger partial charge in [0.25, 0.3) is 50.6 Å². The van der Waals surface area contributed by atoms with Crippen LogP contribution in [0.1, 0.15) is 0 Å². The number of anilines is 2. The monoisotopic (exact) mass is 1130 g/mol. The van der Waals surface area contributed by atoms with E-state index in [1.807, 2.05) is 0 Å². The summed E-state index contributed by atoms with van der Waals surface area (Å²) in [5, 5.41) is 40.0. The molecule has 0 aliphatic rings. The maximum absolute atomic E-state index is 12.8. The Labute approximate surface area is 430 Å². The number of hydrogen-bond donors (Lipinski definition) is 7. The number of nitrogens with one attached hydrogen (secondary N) is 1. The van der Waals surface area contributed by atoms with E-state index >= 15 is 0 Å². The first-order chi connectivity index (χ1) is 35.6. The first-order valence-corrected chi connectivity index (χ1v) is 28.4. The van der Waals surface area contributed by atoms with E-state index in [1.165, 1.54) is 67.8 Å². The highest BCUT2D eigenvalue weighted by atomic mass is 32.2. The quantitative estimate of drug-likeness (QED) is 0.0393. The maximum Gasteiger partial charge on any atom is 0.296 e. The summed E-state index contributed by atoms with van der Waals surface area (Å²) in [4.78, 5) is -3.67. The van der Waals surface area contributed by atoms with Crippen LogP contribution in [-0.4, -0.2) is 77.1 Å². The van der Waals surface area contributed by atoms with Crippen LogP contribution in [0.4, 0.5) is 45.5 Å². The number of methoxy groups -OCH3 is 1. The second kappa shape index (κ2) is 19.5. The predicted octanol–water partition coefficient (Wildman–Crippen LogP) is 11.2. The number of rotatable bonds is 14. The summed E-state index contributed by atoms with van der Waals surface area (Å²) in [5.41, 5.74) is 0.318. The second-order valence-electron chi connectivity index (χ2n) is 16.3. The lowest BCUT2D eigenvalue weighted by Gasteiger charge is -2.12. The summed E-state index contributed by atoms with van der Waals surface area (Å²) < 4.78 is 178. The lowest BCUT2D eigenvalue weighted by Crippen LogP contribution is -2.04. The van der Waals surface area contributed by atoms with Crippen LogP contribution in [0.25, 0.3) is 43.1 Å². The van der Waals surface area contributed by atoms with Crippen molar-refractivity contribution >= 4 is 139 Å². The zero-order chi connectivity index (χ0) is 54.7. The number of benzene rings is 9. The van der Waals surface area contributed by atoms with Crippen molar-refractivity contribution in [3.05, 3.63) is 140 Å². The molecular weight excluding hydrogens is 1090 g/mol. The van der Waals surface area contributed by atoms with E-state index in [2.05, 4.69) is 36.0 Å². The van der Waals surface area contributed by atoms with Crippen LogP contribution < -0.4 is 10.1 Å². The van der Waals surface area contributed by atoms with Crippen molar-refractivity contribution in [3.8, 4) is 11.5 Å². The Morgan fingerprint density at radius 2 is 0.868 bits per heavy atom. The first-order valence-electron chi connectivity index (χ1n) is 21.2. The van der Waals surface area contributed by atoms with Crippen LogP contribution in [0.2, 0.25) is 0 Å². The normalized spacial score (nSPS) is 13.0. The summed E-state index contributed by atoms with van der Waals surface area (Å²) in [6, 6.07) is 29.7. The molecule has 76 heavy (non-hydrogen) atoms. The molecule has 0 fully saturated rings. The third-order valence-corrected chi connectivity index (χ3v) is 15.7. The SMILES string of the molecule is COc1ccc(Nc2ccc3c(O)c(N=Nc4ccc(N=Nc5ccc(N=Nc6ccc7cc(S(=O)(=O)O)cc(S(=O)(=O)O)c7c6)c6cc(S(=O)(=O)O)ccc56)c5cc(S(=O)(=O)O)ccc45)c(S(=O)(=O)O)cc3c2)cc1. The van der Waals surface area contributed by atoms with Gasteiger partial charge in [0.1, 0.15) is 21.2 Å². The summed E-state index contributed by atoms with van der Waals surface area (Å²) in [7, 11) is -23.2. The molecule has 388 valence electrons. The van der Waals surface area contributed by atoms with Gasteiger partial charge in [-0.15, -0.1) is 25.6 Å². The van der Waals surface area contributed by atoms with Crippen molar-refractivity contribution in [1.82, 2.24) is 0 Å². The van der Waals surface area contributed by atoms with Crippen LogP contribution in [0.5, 0.6) is 11.5 Å². The highest BCUT2D eigenvalue weighted by Crippen LogP contribution is 2.45. The van der Waals surface area contributed by atoms with Gasteiger partial charge >= 0.3 is 0 Å². The number of phenols is 1. The van der Waals surface area contributed by atoms with Gasteiger partial charge in [0.05, 0.1) is 50.2 Å². The van der Waals surface area contributed by atoms with Crippen molar-refractivity contribution in [2.45, 2.75) is 24.5 Å². The molecule has 24 nitrogen and oxygen atoms in total. The molecule has 0 saturated heterocycles. The van der Waals surface area contributed by atoms with Gasteiger partial charge in [-0.05, 0) is 132 Å². The van der Waals surface area contributed by atoms with Crippen LogP contribution in [-0.2, 0) is 50.6 Å². The Balaban J connectivity index is 1.10. The fourth-order valence-corrected chi connectivity index (χ4v) is 10.9. The van der Waals surface area contributed by atoms with Gasteiger partial charge in [-0.25, -0.2) is 0 Å². The van der Waals surface area contributed by atoms with E-state index < -0.39 is 86.5 Å². The molecule has 0 aliphatic carbocycles. The standard InChI is InChI=1S/C47H33N7O17S5/c1-71-30-7-4-27(5-8-30)48-28-6-11-34-26(18-28)20-45(76(68,69)70)46(47(34)55)54-53-41-15-17-43(39-23-32(73(59,60)61)10-13-36(39)41)52-51-40-14-16-42(38-22-31(72(56,57)58)9-12-35(38)40)50-49-29-3-2-25-19-33(74(62,63)64)24-44(37(25)21-29)75(65,66)67/h2-24,48,55H,1H3,(H,56,57,58)(H,59,60,61)(H,62,63,64)(H,65,66,67)(H,68,69,70). The number of fused-ring (bicyclic) bond motifs is 4. The fourth-order valence-electron chi connectivity index (χ4n) is 7.86. The zero-order valence-electron chi connectivity index (χ0n) is 38.2. The largest absolute Gasteiger partial charge is 0.505 e. The third kappa shape index (κ3) is 10.9. The van der Waals surface area contributed by atoms with Gasteiger partial charge in [0.2, 0.25) is 0 Å². The number of azo groups is 3. The lowest BCUT2D eigenvalue weighted by atomic mass is 10.1. The Kier molecular flexibility index (Phi) is 13.5. The molecule has 29 heteroatoms. The Bertz CT molecular complexity index is 4640. The molecule has 9 rings (SSSR count). The molecule has 0 unspecified atom stereocenters. The fraction of sp³-hybridized carbons (Fsp3) is 0.0213. The van der Waals surface area contributed by atoms with Crippen LogP contribution in [0.15, 0.2) is 195 Å². The van der Waals surface area contributed by atoms with Gasteiger partial charge in [-0.2, -0.15) is 47.2 Å². The Morgan fingerprint density at radius 3 is 1.38 bits per heavy atom. The first kappa shape index (κ1) is 52.6. The van der Waals surface area contributed by atoms with Gasteiger partial charge in [-0.1, -0.05) is 18.2 Å². The minimum Gasteiger partial charge on any atom is -0.505 e. The van der Waals surface area contributed by atoms with Crippen molar-refractivity contribution in [2.24, 2.45) is 30.7 Å². The predicted molar refractivity (Wildman–Crippen MR) is 275 cm³/mol. The number of phenolic OH excluding ortho intramolecular Hbond substituents is 1. The second-order valence-corrected chi connectivity index (χ2v) is 23.3. The van der Waals surface area contributed by atoms with Crippen LogP contribution in [0, 0.1) is 0 Å². The average molecular weight is 1130 g/mol. The Hall–Kier alpha value is -8.23. The molecule has 0 heterocycles. The molecule has 0 aromatic heterocycles. The minimum atomic E-state index is -5.07. The molecule has 0 radical (unpaired) electrons. The van der Waals surface area contributed by atoms with Gasteiger partial charge < -0.3 is 15.2 Å². The molecular formula is C47H33N7O17S5. The molecule has 9 aromatic carbocycles. The molecule has 0 spiro atoms. The lowest BCUT2D eigenvalue weighted by molar-refractivity contribution is 0.415. The van der Waals surface area contributed by atoms with Gasteiger partial charge in [0.15, 0.2) is 5.75 Å². The number of hydrogen-bond acceptors (Lipinski definition) is 19. The zero-order valence-corrected chi connectivity index (χ0v) is 42.3. The van der Waals surface area contributed by atoms with Crippen LogP contribution >= 0.6 is 0 Å². The van der Waals surface area contributed by atoms with E-state index in [9.17, 15) is 70.0 Å². The van der Waals surface area contributed by atoms with Crippen molar-refractivity contribution in [3.63, 3.8) is 0 Å². The maximum atomic E-state index is 12.8. The molecule has 9 aromatic rings. The van der Waals surface area contributed by atoms with Crippen molar-refractivity contribution in [2.75, 3.05) is 12.4 Å². The molecule has 0 bridgehead atoms. The van der Waals surface area contributed by atoms with Crippen LogP contribution in [0.3, 0.4) is 0 Å². The van der Waals surface area contributed by atoms with Gasteiger partial charge in [-0.3, -0.25) is 22.8 Å². The van der Waals surface area contributed by atoms with E-state index in [-0.39, 0.29) is 71.5 Å². The molecule has 0 aliphatic heterocycles. The molecule has 0 atom stereocenters. The topological polar surface area (TPSA) is 388 Å². The van der Waals surface area contributed by atoms with E-state index in [1.54, 1.807) is 30.3 Å². The van der Waals surface area contributed by atoms with E-state index in [0.717, 1.165) is 42.5 Å². The minimum absolute atomic E-state index is 0.00804. The summed E-state index contributed by atoms with van der Waals surface area (Å²) >= 11 is 0. The van der Waals surface area contributed by atoms with Gasteiger partial charge in [0, 0.05) is 43.7 Å². The van der Waals surface area contributed by atoms with Crippen molar-refractivity contribution < 1.29 is 74.7 Å². The summed E-state index contributed by atoms with van der Waals surface area (Å²) in [5.74, 6) is -0.0528. The number of aromatic hydroxyl groups is 1. The highest BCUT2D eigenvalue weighted by molar-refractivity contribution is 7.87. The summed E-state index contributed by atoms with van der Waals surface area (Å²) in [6.45, 7) is 0. The highest BCUT2D eigenvalue weighted by Gasteiger charge is 2.24. The Morgan fingerprint density at radius 1 is 0.382 bits per heavy atom. The van der Waals surface area contributed by atoms with E-state index in [4.69, 9.17) is 4.74 Å². The number of nitrogens with zero attached hydrogens (tertiary/aromatic N) is 6. The third-order valence-electron chi connectivity index (χ3n) is 11.4. The average Bonchev–Trinajstić information content (AvgIpc) is 3.35.